The van der Waals surface area contributed by atoms with Crippen molar-refractivity contribution in [2.45, 2.75) is 24.9 Å². The lowest BCUT2D eigenvalue weighted by atomic mass is 10.2. The molecule has 0 aromatic heterocycles. The van der Waals surface area contributed by atoms with Crippen molar-refractivity contribution >= 4 is 23.8 Å². The number of amides is 1. The predicted octanol–water partition coefficient (Wildman–Crippen LogP) is -2.94. The van der Waals surface area contributed by atoms with Gasteiger partial charge in [0.15, 0.2) is 0 Å². The fourth-order valence-corrected chi connectivity index (χ4v) is 0.796. The van der Waals surface area contributed by atoms with Crippen LogP contribution in [0.3, 0.4) is 0 Å². The normalized spacial score (nSPS) is 13.5. The molecular weight excluding hydrogens is 234 g/mol. The molecule has 0 spiro atoms. The highest BCUT2D eigenvalue weighted by atomic mass is 16.6. The Hall–Kier alpha value is -2.00. The summed E-state index contributed by atoms with van der Waals surface area (Å²) in [6.45, 7) is 0. The van der Waals surface area contributed by atoms with Crippen LogP contribution in [0.15, 0.2) is 0 Å². The summed E-state index contributed by atoms with van der Waals surface area (Å²) < 4.78 is 4.18. The molecule has 7 N–H and O–H groups in total. The Morgan fingerprint density at radius 1 is 1.06 bits per heavy atom. The molecule has 9 heteroatoms. The monoisotopic (exact) mass is 247 g/mol. The molecule has 0 bridgehead atoms. The molecule has 17 heavy (non-hydrogen) atoms. The number of hydrogen-bond donors (Lipinski definition) is 4. The van der Waals surface area contributed by atoms with E-state index in [1.165, 1.54) is 0 Å². The quantitative estimate of drug-likeness (QED) is 0.284. The average Bonchev–Trinajstić information content (AvgIpc) is 2.15. The van der Waals surface area contributed by atoms with Gasteiger partial charge in [0.05, 0.1) is 12.8 Å². The van der Waals surface area contributed by atoms with Crippen molar-refractivity contribution < 1.29 is 29.0 Å². The topological polar surface area (TPSA) is 176 Å². The zero-order valence-electron chi connectivity index (χ0n) is 8.79. The molecule has 0 saturated heterocycles. The van der Waals surface area contributed by atoms with E-state index < -0.39 is 48.7 Å². The van der Waals surface area contributed by atoms with Gasteiger partial charge in [-0.15, -0.1) is 0 Å². The first-order chi connectivity index (χ1) is 7.73. The molecule has 1 amide bonds. The minimum absolute atomic E-state index is 0.475. The standard InChI is InChI=1S/C8H13N3O6/c9-3(7(14)15)2-6(13)17-8(16)4(10)1-5(11)12/h3-4H,1-2,9-10H2,(H2,11,12)(H,14,15)/t3-,4-/m0/s1. The molecule has 0 aliphatic rings. The lowest BCUT2D eigenvalue weighted by Crippen LogP contribution is -2.39. The largest absolute Gasteiger partial charge is 0.480 e. The summed E-state index contributed by atoms with van der Waals surface area (Å²) in [6.07, 6.45) is -1.15. The second-order valence-electron chi connectivity index (χ2n) is 3.22. The molecule has 9 nitrogen and oxygen atoms in total. The minimum Gasteiger partial charge on any atom is -0.480 e. The van der Waals surface area contributed by atoms with Gasteiger partial charge in [-0.1, -0.05) is 0 Å². The van der Waals surface area contributed by atoms with Crippen LogP contribution in [0.4, 0.5) is 0 Å². The number of esters is 2. The van der Waals surface area contributed by atoms with Crippen molar-refractivity contribution in [3.63, 3.8) is 0 Å². The number of carbonyl (C=O) groups is 4. The van der Waals surface area contributed by atoms with Crippen molar-refractivity contribution in [1.29, 1.82) is 0 Å². The van der Waals surface area contributed by atoms with Gasteiger partial charge < -0.3 is 27.0 Å². The van der Waals surface area contributed by atoms with E-state index in [-0.39, 0.29) is 0 Å². The first-order valence-electron chi connectivity index (χ1n) is 4.50. The third-order valence-corrected chi connectivity index (χ3v) is 1.64. The van der Waals surface area contributed by atoms with Gasteiger partial charge in [0, 0.05) is 0 Å². The third-order valence-electron chi connectivity index (χ3n) is 1.64. The van der Waals surface area contributed by atoms with Gasteiger partial charge in [0.2, 0.25) is 5.91 Å². The van der Waals surface area contributed by atoms with Crippen LogP contribution in [0.25, 0.3) is 0 Å². The minimum atomic E-state index is -1.47. The first-order valence-corrected chi connectivity index (χ1v) is 4.50. The van der Waals surface area contributed by atoms with E-state index in [0.717, 1.165) is 0 Å². The molecular formula is C8H13N3O6. The average molecular weight is 247 g/mol. The zero-order valence-corrected chi connectivity index (χ0v) is 8.79. The van der Waals surface area contributed by atoms with Crippen LogP contribution in [0, 0.1) is 0 Å². The number of primary amides is 1. The van der Waals surface area contributed by atoms with E-state index in [1.54, 1.807) is 0 Å². The molecule has 0 aliphatic carbocycles. The van der Waals surface area contributed by atoms with Crippen LogP contribution in [-0.4, -0.2) is 41.0 Å². The smallest absolute Gasteiger partial charge is 0.331 e. The van der Waals surface area contributed by atoms with Gasteiger partial charge in [0.1, 0.15) is 12.1 Å². The van der Waals surface area contributed by atoms with Crippen molar-refractivity contribution in [3.8, 4) is 0 Å². The maximum absolute atomic E-state index is 11.1. The second kappa shape index (κ2) is 6.55. The number of ether oxygens (including phenoxy) is 1. The van der Waals surface area contributed by atoms with Crippen molar-refractivity contribution in [2.75, 3.05) is 0 Å². The summed E-state index contributed by atoms with van der Waals surface area (Å²) in [6, 6.07) is -2.83. The van der Waals surface area contributed by atoms with Gasteiger partial charge in [-0.25, -0.2) is 4.79 Å². The van der Waals surface area contributed by atoms with Crippen molar-refractivity contribution in [2.24, 2.45) is 17.2 Å². The van der Waals surface area contributed by atoms with Gasteiger partial charge in [-0.05, 0) is 0 Å². The highest BCUT2D eigenvalue weighted by molar-refractivity contribution is 5.92. The Kier molecular flexibility index (Phi) is 5.78. The van der Waals surface area contributed by atoms with E-state index in [9.17, 15) is 19.2 Å². The second-order valence-corrected chi connectivity index (χ2v) is 3.22. The van der Waals surface area contributed by atoms with Crippen LogP contribution in [0.5, 0.6) is 0 Å². The fourth-order valence-electron chi connectivity index (χ4n) is 0.796. The number of carbonyl (C=O) groups excluding carboxylic acids is 3. The predicted molar refractivity (Wildman–Crippen MR) is 53.1 cm³/mol. The van der Waals surface area contributed by atoms with Gasteiger partial charge in [0.25, 0.3) is 0 Å². The van der Waals surface area contributed by atoms with E-state index in [2.05, 4.69) is 4.74 Å². The molecule has 0 saturated carbocycles. The van der Waals surface area contributed by atoms with Crippen LogP contribution in [0.2, 0.25) is 0 Å². The van der Waals surface area contributed by atoms with Gasteiger partial charge in [-0.2, -0.15) is 0 Å². The fraction of sp³-hybridized carbons (Fsp3) is 0.500. The summed E-state index contributed by atoms with van der Waals surface area (Å²) in [4.78, 5) is 42.8. The summed E-state index contributed by atoms with van der Waals surface area (Å²) in [5.74, 6) is -4.53. The summed E-state index contributed by atoms with van der Waals surface area (Å²) in [5.41, 5.74) is 15.0. The Balaban J connectivity index is 4.16. The Labute approximate surface area is 95.9 Å². The number of nitrogens with two attached hydrogens (primary N) is 3. The molecule has 0 rings (SSSR count). The summed E-state index contributed by atoms with van der Waals surface area (Å²) in [5, 5.41) is 8.39. The molecule has 0 heterocycles. The molecule has 0 unspecified atom stereocenters. The number of rotatable bonds is 6. The van der Waals surface area contributed by atoms with Crippen LogP contribution < -0.4 is 17.2 Å². The Morgan fingerprint density at radius 3 is 2.00 bits per heavy atom. The van der Waals surface area contributed by atoms with E-state index in [1.807, 2.05) is 0 Å². The third kappa shape index (κ3) is 6.22. The molecule has 96 valence electrons. The van der Waals surface area contributed by atoms with Gasteiger partial charge in [-0.3, -0.25) is 14.4 Å². The van der Waals surface area contributed by atoms with Crippen molar-refractivity contribution in [3.05, 3.63) is 0 Å². The van der Waals surface area contributed by atoms with E-state index >= 15 is 0 Å². The number of hydrogen-bond acceptors (Lipinski definition) is 7. The maximum Gasteiger partial charge on any atom is 0.331 e. The summed E-state index contributed by atoms with van der Waals surface area (Å²) in [7, 11) is 0. The maximum atomic E-state index is 11.1. The Bertz CT molecular complexity index is 342. The molecule has 2 atom stereocenters. The lowest BCUT2D eigenvalue weighted by Gasteiger charge is -2.09. The van der Waals surface area contributed by atoms with Crippen LogP contribution >= 0.6 is 0 Å². The Morgan fingerprint density at radius 2 is 1.59 bits per heavy atom. The highest BCUT2D eigenvalue weighted by Gasteiger charge is 2.23. The van der Waals surface area contributed by atoms with E-state index in [4.69, 9.17) is 22.3 Å². The number of aliphatic carboxylic acids is 1. The van der Waals surface area contributed by atoms with Crippen LogP contribution in [-0.2, 0) is 23.9 Å². The number of carboxylic acid groups (broad SMARTS) is 1. The molecule has 0 aromatic carbocycles. The zero-order chi connectivity index (χ0) is 13.6. The summed E-state index contributed by atoms with van der Waals surface area (Å²) >= 11 is 0. The van der Waals surface area contributed by atoms with Gasteiger partial charge >= 0.3 is 17.9 Å². The van der Waals surface area contributed by atoms with Crippen LogP contribution in [0.1, 0.15) is 12.8 Å². The van der Waals surface area contributed by atoms with Crippen molar-refractivity contribution in [1.82, 2.24) is 0 Å². The lowest BCUT2D eigenvalue weighted by molar-refractivity contribution is -0.162. The molecule has 0 radical (unpaired) electrons. The number of carboxylic acids is 1. The van der Waals surface area contributed by atoms with E-state index in [0.29, 0.717) is 0 Å². The molecule has 0 aliphatic heterocycles. The highest BCUT2D eigenvalue weighted by Crippen LogP contribution is 1.97. The molecule has 0 fully saturated rings. The SMILES string of the molecule is NC(=O)C[C@H](N)C(=O)OC(=O)C[C@H](N)C(=O)O. The molecule has 0 aromatic rings. The first kappa shape index (κ1) is 15.0.